The molecule has 3 aromatic heterocycles. The molecule has 0 fully saturated rings. The van der Waals surface area contributed by atoms with Crippen molar-refractivity contribution >= 4 is 50.6 Å². The van der Waals surface area contributed by atoms with Crippen molar-refractivity contribution in [2.75, 3.05) is 16.7 Å². The van der Waals surface area contributed by atoms with Crippen molar-refractivity contribution < 1.29 is 8.42 Å². The van der Waals surface area contributed by atoms with E-state index >= 15 is 0 Å². The van der Waals surface area contributed by atoms with Gasteiger partial charge in [0, 0.05) is 12.4 Å². The zero-order valence-corrected chi connectivity index (χ0v) is 18.4. The van der Waals surface area contributed by atoms with Gasteiger partial charge in [0.15, 0.2) is 11.3 Å². The molecule has 1 aromatic carbocycles. The Morgan fingerprint density at radius 2 is 1.91 bits per heavy atom. The van der Waals surface area contributed by atoms with Crippen LogP contribution in [-0.2, 0) is 10.0 Å². The molecule has 0 unspecified atom stereocenters. The van der Waals surface area contributed by atoms with Gasteiger partial charge >= 0.3 is 0 Å². The minimum atomic E-state index is -3.90. The topological polar surface area (TPSA) is 197 Å². The third kappa shape index (κ3) is 4.24. The first-order valence-corrected chi connectivity index (χ1v) is 11.7. The van der Waals surface area contributed by atoms with Gasteiger partial charge in [0.25, 0.3) is 15.6 Å². The summed E-state index contributed by atoms with van der Waals surface area (Å²) >= 11 is 1.21. The molecule has 0 aliphatic rings. The van der Waals surface area contributed by atoms with Gasteiger partial charge in [-0.1, -0.05) is 0 Å². The second kappa shape index (κ2) is 8.68. The minimum Gasteiger partial charge on any atom is -0.382 e. The van der Waals surface area contributed by atoms with Crippen LogP contribution in [0.5, 0.6) is 0 Å². The van der Waals surface area contributed by atoms with Gasteiger partial charge in [-0.3, -0.25) is 9.89 Å². The molecule has 166 valence electrons. The van der Waals surface area contributed by atoms with Crippen LogP contribution in [0.4, 0.5) is 23.1 Å². The Hall–Kier alpha value is -4.29. The fourth-order valence-electron chi connectivity index (χ4n) is 2.78. The summed E-state index contributed by atoms with van der Waals surface area (Å²) in [7, 11) is -3.90. The number of azo groups is 1. The Morgan fingerprint density at radius 3 is 2.55 bits per heavy atom. The summed E-state index contributed by atoms with van der Waals surface area (Å²) in [6.07, 6.45) is 4.55. The number of anilines is 2. The molecule has 33 heavy (non-hydrogen) atoms. The summed E-state index contributed by atoms with van der Waals surface area (Å²) in [6, 6.07) is 9.00. The number of hydrogen-bond donors (Lipinski definition) is 3. The number of rotatable bonds is 6. The first kappa shape index (κ1) is 21.9. The number of hydrogen-bond acceptors (Lipinski definition) is 11. The summed E-state index contributed by atoms with van der Waals surface area (Å²) in [4.78, 5) is 24.1. The largest absolute Gasteiger partial charge is 0.382 e. The molecule has 3 heterocycles. The maximum atomic E-state index is 12.5. The van der Waals surface area contributed by atoms with Crippen LogP contribution in [0.15, 0.2) is 67.7 Å². The lowest BCUT2D eigenvalue weighted by Gasteiger charge is -2.06. The van der Waals surface area contributed by atoms with Gasteiger partial charge in [-0.2, -0.15) is 10.4 Å². The van der Waals surface area contributed by atoms with Gasteiger partial charge in [0.1, 0.15) is 22.5 Å². The van der Waals surface area contributed by atoms with Crippen molar-refractivity contribution in [3.05, 3.63) is 58.6 Å². The number of nitrogens with one attached hydrogen (secondary N) is 2. The van der Waals surface area contributed by atoms with E-state index in [1.807, 2.05) is 6.07 Å². The van der Waals surface area contributed by atoms with E-state index in [9.17, 15) is 18.5 Å². The van der Waals surface area contributed by atoms with Crippen LogP contribution < -0.4 is 16.0 Å². The fourth-order valence-corrected chi connectivity index (χ4v) is 4.40. The number of nitrogen functional groups attached to an aromatic ring is 1. The zero-order valence-electron chi connectivity index (χ0n) is 16.8. The molecule has 0 radical (unpaired) electrons. The van der Waals surface area contributed by atoms with Gasteiger partial charge < -0.3 is 5.73 Å². The molecule has 0 aliphatic carbocycles. The van der Waals surface area contributed by atoms with Crippen molar-refractivity contribution in [1.29, 1.82) is 5.26 Å². The summed E-state index contributed by atoms with van der Waals surface area (Å²) in [6.45, 7) is 0. The van der Waals surface area contributed by atoms with Crippen LogP contribution in [0.2, 0.25) is 0 Å². The zero-order chi connectivity index (χ0) is 23.6. The Kier molecular flexibility index (Phi) is 5.77. The monoisotopic (exact) mass is 482 g/mol. The molecule has 0 bridgehead atoms. The van der Waals surface area contributed by atoms with Gasteiger partial charge in [-0.15, -0.1) is 16.9 Å². The van der Waals surface area contributed by atoms with Crippen molar-refractivity contribution in [3.63, 3.8) is 0 Å². The van der Waals surface area contributed by atoms with Crippen LogP contribution in [0.25, 0.3) is 5.65 Å². The van der Waals surface area contributed by atoms with Gasteiger partial charge in [-0.05, 0) is 36.6 Å². The van der Waals surface area contributed by atoms with E-state index in [1.165, 1.54) is 52.9 Å². The molecule has 0 saturated heterocycles. The van der Waals surface area contributed by atoms with Crippen LogP contribution in [0.1, 0.15) is 5.56 Å². The van der Waals surface area contributed by atoms with Gasteiger partial charge in [-0.25, -0.2) is 32.6 Å². The molecular weight excluding hydrogens is 468 g/mol. The molecule has 4 rings (SSSR count). The van der Waals surface area contributed by atoms with Crippen LogP contribution in [0, 0.1) is 11.3 Å². The van der Waals surface area contributed by atoms with Gasteiger partial charge in [0.05, 0.1) is 10.6 Å². The fraction of sp³-hybridized carbons (Fsp3) is 0.0556. The number of benzene rings is 1. The number of H-pyrrole nitrogens is 1. The van der Waals surface area contributed by atoms with E-state index in [0.717, 1.165) is 0 Å². The summed E-state index contributed by atoms with van der Waals surface area (Å²) in [5.74, 6) is -0.0984. The maximum Gasteiger partial charge on any atom is 0.294 e. The van der Waals surface area contributed by atoms with Crippen molar-refractivity contribution in [2.45, 2.75) is 9.92 Å². The third-order valence-corrected chi connectivity index (χ3v) is 6.38. The number of fused-ring (bicyclic) bond motifs is 1. The quantitative estimate of drug-likeness (QED) is 0.209. The van der Waals surface area contributed by atoms with Gasteiger partial charge in [0.2, 0.25) is 5.95 Å². The molecule has 0 saturated carbocycles. The Bertz CT molecular complexity index is 1570. The highest BCUT2D eigenvalue weighted by Crippen LogP contribution is 2.28. The Balaban J connectivity index is 1.64. The highest BCUT2D eigenvalue weighted by atomic mass is 32.2. The van der Waals surface area contributed by atoms with E-state index in [4.69, 9.17) is 5.73 Å². The van der Waals surface area contributed by atoms with Crippen LogP contribution in [0.3, 0.4) is 0 Å². The predicted octanol–water partition coefficient (Wildman–Crippen LogP) is 2.20. The number of aromatic nitrogens is 5. The molecule has 0 amide bonds. The smallest absolute Gasteiger partial charge is 0.294 e. The minimum absolute atomic E-state index is 0.0378. The van der Waals surface area contributed by atoms with Crippen LogP contribution in [-0.4, -0.2) is 39.2 Å². The van der Waals surface area contributed by atoms with E-state index < -0.39 is 15.6 Å². The first-order chi connectivity index (χ1) is 15.8. The average molecular weight is 483 g/mol. The molecule has 0 atom stereocenters. The van der Waals surface area contributed by atoms with Crippen molar-refractivity contribution in [2.24, 2.45) is 10.2 Å². The molecule has 4 N–H and O–H groups in total. The van der Waals surface area contributed by atoms with E-state index in [1.54, 1.807) is 12.3 Å². The lowest BCUT2D eigenvalue weighted by atomic mass is 10.3. The number of thioether (sulfide) groups is 1. The maximum absolute atomic E-state index is 12.5. The summed E-state index contributed by atoms with van der Waals surface area (Å²) in [5.41, 5.74) is 5.69. The van der Waals surface area contributed by atoms with Crippen molar-refractivity contribution in [1.82, 2.24) is 24.6 Å². The standard InChI is InChI=1S/C18H14N10O3S2/c1-32-17-12(9-19)14(20)23-15-13(16(29)26-28(15)17)25-24-10-3-5-11(6-4-10)33(30,31)27-18-21-7-2-8-22-18/h2-8H,1H3,(H2,20,23)(H,26,29)(H,21,22,27). The molecule has 0 spiro atoms. The normalized spacial score (nSPS) is 11.6. The predicted molar refractivity (Wildman–Crippen MR) is 120 cm³/mol. The molecule has 4 aromatic rings. The lowest BCUT2D eigenvalue weighted by molar-refractivity contribution is 0.601. The van der Waals surface area contributed by atoms with E-state index in [2.05, 4.69) is 35.0 Å². The molecule has 13 nitrogen and oxygen atoms in total. The first-order valence-electron chi connectivity index (χ1n) is 9.04. The lowest BCUT2D eigenvalue weighted by Crippen LogP contribution is -2.14. The van der Waals surface area contributed by atoms with Crippen LogP contribution >= 0.6 is 11.8 Å². The molecular formula is C18H14N10O3S2. The summed E-state index contributed by atoms with van der Waals surface area (Å²) < 4.78 is 28.5. The number of aromatic amines is 1. The third-order valence-electron chi connectivity index (χ3n) is 4.26. The second-order valence-corrected chi connectivity index (χ2v) is 8.79. The Labute approximate surface area is 190 Å². The SMILES string of the molecule is CSc1c(C#N)c(N)nc2c(N=Nc3ccc(S(=O)(=O)Nc4ncccn4)cc3)c(=O)[nH]n12. The molecule has 0 aliphatic heterocycles. The molecule has 15 heteroatoms. The highest BCUT2D eigenvalue weighted by Gasteiger charge is 2.19. The van der Waals surface area contributed by atoms with E-state index in [0.29, 0.717) is 5.03 Å². The number of nitrogens with zero attached hydrogens (tertiary/aromatic N) is 7. The number of sulfonamides is 1. The highest BCUT2D eigenvalue weighted by molar-refractivity contribution is 7.98. The van der Waals surface area contributed by atoms with Crippen molar-refractivity contribution in [3.8, 4) is 6.07 Å². The van der Waals surface area contributed by atoms with E-state index in [-0.39, 0.29) is 39.2 Å². The average Bonchev–Trinajstić information content (AvgIpc) is 3.11. The second-order valence-electron chi connectivity index (χ2n) is 6.31. The number of nitriles is 1. The summed E-state index contributed by atoms with van der Waals surface area (Å²) in [5, 5.41) is 20.2. The Morgan fingerprint density at radius 1 is 1.21 bits per heavy atom. The number of nitrogens with two attached hydrogens (primary N) is 1.